The van der Waals surface area contributed by atoms with Crippen LogP contribution in [-0.2, 0) is 20.9 Å². The van der Waals surface area contributed by atoms with Gasteiger partial charge in [-0.3, -0.25) is 14.4 Å². The van der Waals surface area contributed by atoms with E-state index >= 15 is 0 Å². The second-order valence-electron chi connectivity index (χ2n) is 13.2. The van der Waals surface area contributed by atoms with Gasteiger partial charge in [0.25, 0.3) is 11.8 Å². The van der Waals surface area contributed by atoms with Crippen LogP contribution in [0.5, 0.6) is 0 Å². The minimum Gasteiger partial charge on any atom is -0.392 e. The molecule has 3 fully saturated rings. The Hall–Kier alpha value is -4.87. The van der Waals surface area contributed by atoms with E-state index in [-0.39, 0.29) is 36.5 Å². The highest BCUT2D eigenvalue weighted by molar-refractivity contribution is 6.34. The van der Waals surface area contributed by atoms with E-state index in [4.69, 9.17) is 9.47 Å². The molecule has 0 bridgehead atoms. The largest absolute Gasteiger partial charge is 0.392 e. The van der Waals surface area contributed by atoms with Crippen molar-refractivity contribution in [3.8, 4) is 0 Å². The lowest BCUT2D eigenvalue weighted by Gasteiger charge is -2.45. The van der Waals surface area contributed by atoms with Crippen LogP contribution in [0.4, 0.5) is 11.4 Å². The van der Waals surface area contributed by atoms with Gasteiger partial charge in [-0.05, 0) is 60.4 Å². The molecule has 49 heavy (non-hydrogen) atoms. The number of rotatable bonds is 7. The summed E-state index contributed by atoms with van der Waals surface area (Å²) >= 11 is 0. The molecule has 4 aliphatic rings. The molecule has 10 heteroatoms. The van der Waals surface area contributed by atoms with Gasteiger partial charge in [0, 0.05) is 37.3 Å². The van der Waals surface area contributed by atoms with Gasteiger partial charge in [0.15, 0.2) is 6.29 Å². The normalized spacial score (nSPS) is 23.6. The number of imide groups is 1. The first-order valence-corrected chi connectivity index (χ1v) is 16.9. The number of benzene rings is 4. The number of para-hydroxylation sites is 1. The van der Waals surface area contributed by atoms with Crippen LogP contribution in [0.3, 0.4) is 0 Å². The molecule has 3 saturated heterocycles. The number of nitrogens with one attached hydrogen (secondary N) is 1. The van der Waals surface area contributed by atoms with Gasteiger partial charge in [0.05, 0.1) is 42.3 Å². The van der Waals surface area contributed by atoms with Gasteiger partial charge < -0.3 is 29.7 Å². The number of anilines is 2. The summed E-state index contributed by atoms with van der Waals surface area (Å²) in [5, 5.41) is 12.7. The molecule has 4 aromatic carbocycles. The number of aliphatic hydroxyl groups is 1. The van der Waals surface area contributed by atoms with Crippen molar-refractivity contribution in [2.45, 2.75) is 49.9 Å². The minimum absolute atomic E-state index is 0.0320. The van der Waals surface area contributed by atoms with Crippen molar-refractivity contribution in [3.05, 3.63) is 131 Å². The zero-order chi connectivity index (χ0) is 33.5. The summed E-state index contributed by atoms with van der Waals surface area (Å²) in [7, 11) is 0. The number of hydrogen-bond acceptors (Lipinski definition) is 8. The first-order valence-electron chi connectivity index (χ1n) is 16.9. The Bertz CT molecular complexity index is 1820. The highest BCUT2D eigenvalue weighted by Gasteiger charge is 2.50. The predicted octanol–water partition coefficient (Wildman–Crippen LogP) is 4.95. The van der Waals surface area contributed by atoms with Crippen LogP contribution in [0.25, 0.3) is 0 Å². The summed E-state index contributed by atoms with van der Waals surface area (Å²) in [5.74, 6) is -0.583. The Labute approximate surface area is 284 Å². The second kappa shape index (κ2) is 12.9. The Morgan fingerprint density at radius 3 is 2.02 bits per heavy atom. The monoisotopic (exact) mass is 658 g/mol. The van der Waals surface area contributed by atoms with Gasteiger partial charge in [-0.25, -0.2) is 4.90 Å². The van der Waals surface area contributed by atoms with E-state index < -0.39 is 11.8 Å². The van der Waals surface area contributed by atoms with Gasteiger partial charge in [-0.15, -0.1) is 0 Å². The van der Waals surface area contributed by atoms with E-state index in [0.29, 0.717) is 49.3 Å². The maximum atomic E-state index is 13.2. The quantitative estimate of drug-likeness (QED) is 0.269. The second-order valence-corrected chi connectivity index (χ2v) is 13.2. The van der Waals surface area contributed by atoms with E-state index in [1.807, 2.05) is 54.6 Å². The van der Waals surface area contributed by atoms with Crippen molar-refractivity contribution in [1.82, 2.24) is 10.2 Å². The molecular formula is C39H38N4O6. The van der Waals surface area contributed by atoms with Crippen molar-refractivity contribution in [2.24, 2.45) is 0 Å². The maximum absolute atomic E-state index is 13.2. The summed E-state index contributed by atoms with van der Waals surface area (Å²) in [6.45, 7) is 2.67. The van der Waals surface area contributed by atoms with E-state index in [9.17, 15) is 19.5 Å². The lowest BCUT2D eigenvalue weighted by Crippen LogP contribution is -2.57. The SMILES string of the molecule is O=C1c2ccccc2C(=O)N1c1ccc(C2OC(CN3CCC4(CC3)C(=O)NCN4c3ccccc3)CC(c3ccc(CO)cc3)O2)cc1. The van der Waals surface area contributed by atoms with Crippen LogP contribution in [-0.4, -0.2) is 65.7 Å². The van der Waals surface area contributed by atoms with Crippen LogP contribution < -0.4 is 15.1 Å². The van der Waals surface area contributed by atoms with Crippen LogP contribution in [0.2, 0.25) is 0 Å². The molecule has 1 spiro atoms. The van der Waals surface area contributed by atoms with Gasteiger partial charge in [-0.1, -0.05) is 66.7 Å². The summed E-state index contributed by atoms with van der Waals surface area (Å²) in [6, 6.07) is 32.0. The van der Waals surface area contributed by atoms with Crippen LogP contribution in [0, 0.1) is 0 Å². The van der Waals surface area contributed by atoms with Crippen molar-refractivity contribution in [1.29, 1.82) is 0 Å². The number of likely N-dealkylation sites (tertiary alicyclic amines) is 1. The van der Waals surface area contributed by atoms with Crippen molar-refractivity contribution < 1.29 is 29.0 Å². The van der Waals surface area contributed by atoms with E-state index in [2.05, 4.69) is 27.2 Å². The van der Waals surface area contributed by atoms with Crippen molar-refractivity contribution in [2.75, 3.05) is 36.1 Å². The number of amides is 3. The summed E-state index contributed by atoms with van der Waals surface area (Å²) in [4.78, 5) is 45.2. The molecule has 8 rings (SSSR count). The van der Waals surface area contributed by atoms with Crippen molar-refractivity contribution >= 4 is 29.1 Å². The molecule has 3 amide bonds. The molecule has 0 aliphatic carbocycles. The third kappa shape index (κ3) is 5.70. The molecule has 0 aromatic heterocycles. The molecular weight excluding hydrogens is 620 g/mol. The molecule has 10 nitrogen and oxygen atoms in total. The standard InChI is InChI=1S/C39H38N4O6/c44-24-26-10-12-27(13-11-26)34-22-31(23-41-20-18-39(19-21-41)38(47)40-25-42(39)29-6-2-1-3-7-29)48-37(49-34)28-14-16-30(17-15-28)43-35(45)32-8-4-5-9-33(32)36(43)46/h1-17,31,34,37,44H,18-25H2,(H,40,47). The number of hydrogen-bond donors (Lipinski definition) is 2. The number of carbonyl (C=O) groups is 3. The van der Waals surface area contributed by atoms with Gasteiger partial charge in [0.2, 0.25) is 5.91 Å². The first kappa shape index (κ1) is 31.4. The highest BCUT2D eigenvalue weighted by Crippen LogP contribution is 2.41. The van der Waals surface area contributed by atoms with E-state index in [1.54, 1.807) is 36.4 Å². The fourth-order valence-corrected chi connectivity index (χ4v) is 7.66. The topological polar surface area (TPSA) is 112 Å². The number of piperidine rings is 1. The Morgan fingerprint density at radius 1 is 0.735 bits per heavy atom. The first-order chi connectivity index (χ1) is 23.9. The number of ether oxygens (including phenoxy) is 2. The third-order valence-corrected chi connectivity index (χ3v) is 10.4. The summed E-state index contributed by atoms with van der Waals surface area (Å²) in [6.07, 6.45) is 0.979. The van der Waals surface area contributed by atoms with Crippen LogP contribution >= 0.6 is 0 Å². The fraction of sp³-hybridized carbons (Fsp3) is 0.308. The molecule has 3 unspecified atom stereocenters. The number of carbonyl (C=O) groups excluding carboxylic acids is 3. The Kier molecular flexibility index (Phi) is 8.25. The Morgan fingerprint density at radius 2 is 1.37 bits per heavy atom. The number of fused-ring (bicyclic) bond motifs is 1. The molecule has 0 radical (unpaired) electrons. The van der Waals surface area contributed by atoms with E-state index in [1.165, 1.54) is 4.90 Å². The zero-order valence-electron chi connectivity index (χ0n) is 27.0. The third-order valence-electron chi connectivity index (χ3n) is 10.4. The minimum atomic E-state index is -0.678. The average molecular weight is 659 g/mol. The molecule has 250 valence electrons. The molecule has 2 N–H and O–H groups in total. The maximum Gasteiger partial charge on any atom is 0.266 e. The average Bonchev–Trinajstić information content (AvgIpc) is 3.60. The van der Waals surface area contributed by atoms with E-state index in [0.717, 1.165) is 35.5 Å². The van der Waals surface area contributed by atoms with Gasteiger partial charge in [0.1, 0.15) is 5.54 Å². The highest BCUT2D eigenvalue weighted by atomic mass is 16.7. The Balaban J connectivity index is 0.996. The molecule has 0 saturated carbocycles. The summed E-state index contributed by atoms with van der Waals surface area (Å²) < 4.78 is 13.2. The molecule has 4 heterocycles. The fourth-order valence-electron chi connectivity index (χ4n) is 7.66. The van der Waals surface area contributed by atoms with Gasteiger partial charge in [-0.2, -0.15) is 0 Å². The zero-order valence-corrected chi connectivity index (χ0v) is 27.0. The lowest BCUT2D eigenvalue weighted by atomic mass is 9.85. The predicted molar refractivity (Wildman–Crippen MR) is 183 cm³/mol. The number of aliphatic hydroxyl groups excluding tert-OH is 1. The van der Waals surface area contributed by atoms with Crippen LogP contribution in [0.1, 0.15) is 69.1 Å². The molecule has 3 atom stereocenters. The summed E-state index contributed by atoms with van der Waals surface area (Å²) in [5.41, 5.74) is 4.38. The van der Waals surface area contributed by atoms with Crippen LogP contribution in [0.15, 0.2) is 103 Å². The van der Waals surface area contributed by atoms with Gasteiger partial charge >= 0.3 is 0 Å². The molecule has 4 aliphatic heterocycles. The smallest absolute Gasteiger partial charge is 0.266 e. The molecule has 4 aromatic rings. The lowest BCUT2D eigenvalue weighted by molar-refractivity contribution is -0.253. The van der Waals surface area contributed by atoms with Crippen molar-refractivity contribution in [3.63, 3.8) is 0 Å². The number of nitrogens with zero attached hydrogens (tertiary/aromatic N) is 3.